The van der Waals surface area contributed by atoms with E-state index in [0.29, 0.717) is 16.9 Å². The highest BCUT2D eigenvalue weighted by Crippen LogP contribution is 2.24. The molecule has 5 nitrogen and oxygen atoms in total. The van der Waals surface area contributed by atoms with E-state index in [-0.39, 0.29) is 18.1 Å². The van der Waals surface area contributed by atoms with Gasteiger partial charge in [0.1, 0.15) is 11.5 Å². The fourth-order valence-electron chi connectivity index (χ4n) is 2.16. The van der Waals surface area contributed by atoms with Crippen LogP contribution in [0.25, 0.3) is 16.9 Å². The second kappa shape index (κ2) is 5.32. The number of hydrogen-bond acceptors (Lipinski definition) is 4. The fourth-order valence-corrected chi connectivity index (χ4v) is 2.16. The predicted molar refractivity (Wildman–Crippen MR) is 74.8 cm³/mol. The molecule has 0 aliphatic rings. The first kappa shape index (κ1) is 13.2. The van der Waals surface area contributed by atoms with Gasteiger partial charge in [0.2, 0.25) is 5.95 Å². The third-order valence-corrected chi connectivity index (χ3v) is 3.00. The van der Waals surface area contributed by atoms with Crippen molar-refractivity contribution in [2.75, 3.05) is 6.61 Å². The smallest absolute Gasteiger partial charge is 0.355 e. The molecule has 0 saturated carbocycles. The lowest BCUT2D eigenvalue weighted by molar-refractivity contribution is 0.0517. The van der Waals surface area contributed by atoms with Crippen LogP contribution >= 0.6 is 0 Å². The molecule has 106 valence electrons. The summed E-state index contributed by atoms with van der Waals surface area (Å²) < 4.78 is 20.0. The zero-order valence-corrected chi connectivity index (χ0v) is 11.3. The molecule has 6 heteroatoms. The monoisotopic (exact) mass is 285 g/mol. The minimum atomic E-state index is -0.499. The van der Waals surface area contributed by atoms with Gasteiger partial charge >= 0.3 is 5.97 Å². The lowest BCUT2D eigenvalue weighted by atomic mass is 10.2. The van der Waals surface area contributed by atoms with Crippen molar-refractivity contribution in [2.45, 2.75) is 6.92 Å². The number of benzene rings is 1. The number of nitrogens with zero attached hydrogens (tertiary/aromatic N) is 3. The summed E-state index contributed by atoms with van der Waals surface area (Å²) in [6, 6.07) is 7.53. The molecular formula is C15H12FN3O2. The summed E-state index contributed by atoms with van der Waals surface area (Å²) in [5.41, 5.74) is 0.911. The van der Waals surface area contributed by atoms with Gasteiger partial charge in [0.05, 0.1) is 12.1 Å². The number of aromatic nitrogens is 3. The average molecular weight is 285 g/mol. The molecule has 2 heterocycles. The Labute approximate surface area is 120 Å². The lowest BCUT2D eigenvalue weighted by Gasteiger charge is -2.07. The summed E-state index contributed by atoms with van der Waals surface area (Å²) >= 11 is 0. The zero-order valence-electron chi connectivity index (χ0n) is 11.3. The van der Waals surface area contributed by atoms with Crippen LogP contribution in [0.4, 0.5) is 4.39 Å². The number of rotatable bonds is 3. The Balaban J connectivity index is 2.28. The van der Waals surface area contributed by atoms with Crippen molar-refractivity contribution in [3.63, 3.8) is 0 Å². The predicted octanol–water partition coefficient (Wildman–Crippen LogP) is 2.74. The maximum atomic E-state index is 13.4. The number of carbonyl (C=O) groups excluding carboxylic acids is 1. The molecule has 2 aromatic heterocycles. The minimum Gasteiger partial charge on any atom is -0.461 e. The first-order chi connectivity index (χ1) is 10.2. The Bertz CT molecular complexity index is 799. The second-order valence-corrected chi connectivity index (χ2v) is 4.34. The Morgan fingerprint density at radius 2 is 2.05 bits per heavy atom. The van der Waals surface area contributed by atoms with E-state index in [1.807, 2.05) is 0 Å². The average Bonchev–Trinajstić information content (AvgIpc) is 2.87. The maximum Gasteiger partial charge on any atom is 0.355 e. The van der Waals surface area contributed by atoms with Gasteiger partial charge in [-0.05, 0) is 37.3 Å². The van der Waals surface area contributed by atoms with Gasteiger partial charge in [-0.2, -0.15) is 0 Å². The molecule has 0 unspecified atom stereocenters. The summed E-state index contributed by atoms with van der Waals surface area (Å²) in [7, 11) is 0. The molecule has 0 atom stereocenters. The third kappa shape index (κ3) is 2.35. The molecule has 3 rings (SSSR count). The van der Waals surface area contributed by atoms with Gasteiger partial charge in [-0.1, -0.05) is 0 Å². The van der Waals surface area contributed by atoms with E-state index >= 15 is 0 Å². The summed E-state index contributed by atoms with van der Waals surface area (Å²) in [5.74, 6) is -0.534. The van der Waals surface area contributed by atoms with Crippen molar-refractivity contribution in [2.24, 2.45) is 0 Å². The molecule has 0 aliphatic carbocycles. The van der Waals surface area contributed by atoms with Crippen LogP contribution in [0, 0.1) is 5.82 Å². The topological polar surface area (TPSA) is 57.0 Å². The molecule has 0 radical (unpaired) electrons. The standard InChI is InChI=1S/C15H12FN3O2/c1-2-21-14(20)13-9-10-8-11(16)4-5-12(10)19(13)15-17-6-3-7-18-15/h3-9H,2H2,1H3. The van der Waals surface area contributed by atoms with Gasteiger partial charge in [-0.25, -0.2) is 19.2 Å². The lowest BCUT2D eigenvalue weighted by Crippen LogP contribution is -2.12. The molecule has 0 fully saturated rings. The van der Waals surface area contributed by atoms with Crippen LogP contribution in [0.2, 0.25) is 0 Å². The van der Waals surface area contributed by atoms with Crippen molar-refractivity contribution in [1.82, 2.24) is 14.5 Å². The van der Waals surface area contributed by atoms with Crippen molar-refractivity contribution in [3.05, 3.63) is 54.2 Å². The quantitative estimate of drug-likeness (QED) is 0.694. The molecule has 0 N–H and O–H groups in total. The van der Waals surface area contributed by atoms with Gasteiger partial charge in [-0.3, -0.25) is 4.57 Å². The zero-order chi connectivity index (χ0) is 14.8. The molecular weight excluding hydrogens is 273 g/mol. The first-order valence-electron chi connectivity index (χ1n) is 6.46. The summed E-state index contributed by atoms with van der Waals surface area (Å²) in [6.07, 6.45) is 3.15. The van der Waals surface area contributed by atoms with Gasteiger partial charge in [0, 0.05) is 17.8 Å². The van der Waals surface area contributed by atoms with Crippen molar-refractivity contribution < 1.29 is 13.9 Å². The molecule has 3 aromatic rings. The van der Waals surface area contributed by atoms with Crippen LogP contribution in [0.3, 0.4) is 0 Å². The van der Waals surface area contributed by atoms with Crippen LogP contribution in [0.1, 0.15) is 17.4 Å². The SMILES string of the molecule is CCOC(=O)c1cc2cc(F)ccc2n1-c1ncccn1. The summed E-state index contributed by atoms with van der Waals surface area (Å²) in [6.45, 7) is 1.98. The van der Waals surface area contributed by atoms with E-state index < -0.39 is 5.97 Å². The maximum absolute atomic E-state index is 13.4. The number of halogens is 1. The molecule has 0 bridgehead atoms. The highest BCUT2D eigenvalue weighted by Gasteiger charge is 2.19. The number of hydrogen-bond donors (Lipinski definition) is 0. The van der Waals surface area contributed by atoms with E-state index in [1.165, 1.54) is 12.1 Å². The third-order valence-electron chi connectivity index (χ3n) is 3.00. The Kier molecular flexibility index (Phi) is 3.35. The molecule has 1 aromatic carbocycles. The van der Waals surface area contributed by atoms with Crippen LogP contribution < -0.4 is 0 Å². The summed E-state index contributed by atoms with van der Waals surface area (Å²) in [4.78, 5) is 20.4. The van der Waals surface area contributed by atoms with E-state index in [4.69, 9.17) is 4.74 Å². The molecule has 0 aliphatic heterocycles. The Morgan fingerprint density at radius 3 is 2.76 bits per heavy atom. The van der Waals surface area contributed by atoms with E-state index in [1.54, 1.807) is 42.1 Å². The van der Waals surface area contributed by atoms with E-state index in [2.05, 4.69) is 9.97 Å². The fraction of sp³-hybridized carbons (Fsp3) is 0.133. The van der Waals surface area contributed by atoms with Gasteiger partial charge < -0.3 is 4.74 Å². The molecule has 21 heavy (non-hydrogen) atoms. The first-order valence-corrected chi connectivity index (χ1v) is 6.46. The molecule has 0 saturated heterocycles. The van der Waals surface area contributed by atoms with Crippen LogP contribution in [0.15, 0.2) is 42.7 Å². The number of carbonyl (C=O) groups is 1. The highest BCUT2D eigenvalue weighted by molar-refractivity contribution is 5.96. The normalized spacial score (nSPS) is 10.8. The van der Waals surface area contributed by atoms with Crippen LogP contribution in [-0.2, 0) is 4.74 Å². The van der Waals surface area contributed by atoms with Crippen molar-refractivity contribution in [3.8, 4) is 5.95 Å². The van der Waals surface area contributed by atoms with E-state index in [9.17, 15) is 9.18 Å². The number of esters is 1. The number of fused-ring (bicyclic) bond motifs is 1. The second-order valence-electron chi connectivity index (χ2n) is 4.34. The van der Waals surface area contributed by atoms with Gasteiger partial charge in [0.25, 0.3) is 0 Å². The number of ether oxygens (including phenoxy) is 1. The summed E-state index contributed by atoms with van der Waals surface area (Å²) in [5, 5.41) is 0.588. The van der Waals surface area contributed by atoms with Crippen molar-refractivity contribution in [1.29, 1.82) is 0 Å². The van der Waals surface area contributed by atoms with E-state index in [0.717, 1.165) is 0 Å². The van der Waals surface area contributed by atoms with Gasteiger partial charge in [-0.15, -0.1) is 0 Å². The Hall–Kier alpha value is -2.76. The molecule has 0 spiro atoms. The van der Waals surface area contributed by atoms with Crippen molar-refractivity contribution >= 4 is 16.9 Å². The largest absolute Gasteiger partial charge is 0.461 e. The molecule has 0 amide bonds. The minimum absolute atomic E-state index is 0.254. The van der Waals surface area contributed by atoms with Crippen LogP contribution in [0.5, 0.6) is 0 Å². The Morgan fingerprint density at radius 1 is 1.29 bits per heavy atom. The highest BCUT2D eigenvalue weighted by atomic mass is 19.1. The van der Waals surface area contributed by atoms with Gasteiger partial charge in [0.15, 0.2) is 0 Å². The van der Waals surface area contributed by atoms with Crippen LogP contribution in [-0.4, -0.2) is 27.1 Å².